The average Bonchev–Trinajstić information content (AvgIpc) is 2.86. The fourth-order valence-corrected chi connectivity index (χ4v) is 4.30. The SMILES string of the molecule is CCCCCC[C@@H]1CC(=O)C2=CC[C@@H](C(C)(C)OC(=O)C(F)(F)F)C[C@H]21. The predicted octanol–water partition coefficient (Wildman–Crippen LogP) is 5.38. The number of fused-ring (bicyclic) bond motifs is 1. The fourth-order valence-electron chi connectivity index (χ4n) is 4.30. The molecule has 1 saturated carbocycles. The molecule has 0 amide bonds. The molecule has 0 heterocycles. The van der Waals surface area contributed by atoms with Crippen LogP contribution in [0.15, 0.2) is 11.6 Å². The van der Waals surface area contributed by atoms with Crippen molar-refractivity contribution in [3.63, 3.8) is 0 Å². The lowest BCUT2D eigenvalue weighted by Crippen LogP contribution is -2.42. The molecule has 26 heavy (non-hydrogen) atoms. The van der Waals surface area contributed by atoms with Crippen molar-refractivity contribution in [3.8, 4) is 0 Å². The molecule has 148 valence electrons. The van der Waals surface area contributed by atoms with Crippen molar-refractivity contribution in [1.82, 2.24) is 0 Å². The van der Waals surface area contributed by atoms with E-state index in [0.717, 1.165) is 31.3 Å². The molecule has 0 aromatic carbocycles. The van der Waals surface area contributed by atoms with E-state index >= 15 is 0 Å². The Kier molecular flexibility index (Phi) is 6.56. The number of allylic oxidation sites excluding steroid dienone is 2. The van der Waals surface area contributed by atoms with Gasteiger partial charge in [0, 0.05) is 12.3 Å². The van der Waals surface area contributed by atoms with Crippen LogP contribution in [0, 0.1) is 17.8 Å². The number of ether oxygens (including phenoxy) is 1. The summed E-state index contributed by atoms with van der Waals surface area (Å²) < 4.78 is 42.4. The van der Waals surface area contributed by atoms with Crippen molar-refractivity contribution in [2.24, 2.45) is 17.8 Å². The molecule has 0 saturated heterocycles. The summed E-state index contributed by atoms with van der Waals surface area (Å²) in [6.07, 6.45) is 4.02. The summed E-state index contributed by atoms with van der Waals surface area (Å²) in [6, 6.07) is 0. The summed E-state index contributed by atoms with van der Waals surface area (Å²) in [5, 5.41) is 0. The van der Waals surface area contributed by atoms with Crippen LogP contribution in [0.3, 0.4) is 0 Å². The number of Topliss-reactive ketones (excluding diaryl/α,β-unsaturated/α-hetero) is 1. The number of carbonyl (C=O) groups is 2. The van der Waals surface area contributed by atoms with Gasteiger partial charge < -0.3 is 4.74 Å². The third kappa shape index (κ3) is 4.89. The second-order valence-electron chi connectivity index (χ2n) is 8.16. The minimum absolute atomic E-state index is 0.0896. The monoisotopic (exact) mass is 374 g/mol. The van der Waals surface area contributed by atoms with Gasteiger partial charge in [0.25, 0.3) is 0 Å². The maximum atomic E-state index is 12.5. The Balaban J connectivity index is 2.03. The maximum absolute atomic E-state index is 12.5. The normalized spacial score (nSPS) is 26.5. The first-order chi connectivity index (χ1) is 12.1. The third-order valence-corrected chi connectivity index (χ3v) is 5.90. The highest BCUT2D eigenvalue weighted by molar-refractivity contribution is 5.98. The first kappa shape index (κ1) is 21.0. The second kappa shape index (κ2) is 8.13. The van der Waals surface area contributed by atoms with Crippen molar-refractivity contribution in [1.29, 1.82) is 0 Å². The van der Waals surface area contributed by atoms with Gasteiger partial charge in [-0.05, 0) is 50.5 Å². The number of hydrogen-bond acceptors (Lipinski definition) is 3. The number of carbonyl (C=O) groups excluding carboxylic acids is 2. The number of ketones is 1. The molecule has 0 N–H and O–H groups in total. The quantitative estimate of drug-likeness (QED) is 0.444. The topological polar surface area (TPSA) is 43.4 Å². The van der Waals surface area contributed by atoms with Crippen molar-refractivity contribution >= 4 is 11.8 Å². The van der Waals surface area contributed by atoms with Gasteiger partial charge in [-0.2, -0.15) is 13.2 Å². The van der Waals surface area contributed by atoms with E-state index in [1.165, 1.54) is 20.3 Å². The van der Waals surface area contributed by atoms with E-state index in [4.69, 9.17) is 4.74 Å². The van der Waals surface area contributed by atoms with Gasteiger partial charge in [-0.3, -0.25) is 4.79 Å². The van der Waals surface area contributed by atoms with Crippen LogP contribution in [0.25, 0.3) is 0 Å². The first-order valence-electron chi connectivity index (χ1n) is 9.59. The van der Waals surface area contributed by atoms with Gasteiger partial charge in [-0.25, -0.2) is 4.79 Å². The van der Waals surface area contributed by atoms with Crippen LogP contribution < -0.4 is 0 Å². The molecule has 0 aromatic rings. The Labute approximate surface area is 153 Å². The Morgan fingerprint density at radius 1 is 1.23 bits per heavy atom. The summed E-state index contributed by atoms with van der Waals surface area (Å²) >= 11 is 0. The summed E-state index contributed by atoms with van der Waals surface area (Å²) in [5.74, 6) is -1.82. The van der Waals surface area contributed by atoms with Gasteiger partial charge in [0.15, 0.2) is 5.78 Å². The van der Waals surface area contributed by atoms with Gasteiger partial charge in [0.1, 0.15) is 5.60 Å². The van der Waals surface area contributed by atoms with E-state index in [0.29, 0.717) is 19.3 Å². The highest BCUT2D eigenvalue weighted by Gasteiger charge is 2.48. The Morgan fingerprint density at radius 3 is 2.54 bits per heavy atom. The molecule has 2 aliphatic rings. The predicted molar refractivity (Wildman–Crippen MR) is 92.4 cm³/mol. The van der Waals surface area contributed by atoms with E-state index in [9.17, 15) is 22.8 Å². The molecule has 0 spiro atoms. The summed E-state index contributed by atoms with van der Waals surface area (Å²) in [7, 11) is 0. The van der Waals surface area contributed by atoms with E-state index in [1.807, 2.05) is 6.08 Å². The van der Waals surface area contributed by atoms with Gasteiger partial charge in [0.05, 0.1) is 0 Å². The molecular formula is C20H29F3O3. The fraction of sp³-hybridized carbons (Fsp3) is 0.800. The van der Waals surface area contributed by atoms with Crippen molar-refractivity contribution in [3.05, 3.63) is 11.6 Å². The number of rotatable bonds is 7. The summed E-state index contributed by atoms with van der Waals surface area (Å²) in [6.45, 7) is 5.22. The molecule has 0 aliphatic heterocycles. The van der Waals surface area contributed by atoms with E-state index in [1.54, 1.807) is 0 Å². The molecule has 2 aliphatic carbocycles. The van der Waals surface area contributed by atoms with Gasteiger partial charge in [-0.15, -0.1) is 0 Å². The molecule has 0 radical (unpaired) electrons. The molecule has 0 unspecified atom stereocenters. The molecule has 1 fully saturated rings. The highest BCUT2D eigenvalue weighted by atomic mass is 19.4. The Bertz CT molecular complexity index is 563. The highest BCUT2D eigenvalue weighted by Crippen LogP contribution is 2.47. The van der Waals surface area contributed by atoms with Crippen molar-refractivity contribution < 1.29 is 27.5 Å². The number of alkyl halides is 3. The number of esters is 1. The van der Waals surface area contributed by atoms with E-state index in [-0.39, 0.29) is 23.5 Å². The molecule has 0 bridgehead atoms. The lowest BCUT2D eigenvalue weighted by atomic mass is 9.72. The van der Waals surface area contributed by atoms with E-state index in [2.05, 4.69) is 6.92 Å². The average molecular weight is 374 g/mol. The van der Waals surface area contributed by atoms with Crippen LogP contribution in [0.4, 0.5) is 13.2 Å². The summed E-state index contributed by atoms with van der Waals surface area (Å²) in [4.78, 5) is 23.5. The Hall–Kier alpha value is -1.33. The zero-order valence-corrected chi connectivity index (χ0v) is 15.8. The largest absolute Gasteiger partial charge is 0.490 e. The molecule has 0 aromatic heterocycles. The van der Waals surface area contributed by atoms with Crippen LogP contribution in [0.5, 0.6) is 0 Å². The summed E-state index contributed by atoms with van der Waals surface area (Å²) in [5.41, 5.74) is -0.368. The van der Waals surface area contributed by atoms with Crippen molar-refractivity contribution in [2.45, 2.75) is 83.9 Å². The van der Waals surface area contributed by atoms with Gasteiger partial charge in [-0.1, -0.05) is 38.7 Å². The van der Waals surface area contributed by atoms with E-state index < -0.39 is 17.7 Å². The zero-order valence-electron chi connectivity index (χ0n) is 15.8. The van der Waals surface area contributed by atoms with Crippen LogP contribution >= 0.6 is 0 Å². The van der Waals surface area contributed by atoms with Crippen LogP contribution in [0.1, 0.15) is 72.1 Å². The van der Waals surface area contributed by atoms with Gasteiger partial charge >= 0.3 is 12.1 Å². The Morgan fingerprint density at radius 2 is 1.92 bits per heavy atom. The molecule has 3 atom stereocenters. The minimum atomic E-state index is -4.99. The lowest BCUT2D eigenvalue weighted by Gasteiger charge is -2.38. The molecule has 3 nitrogen and oxygen atoms in total. The zero-order chi connectivity index (χ0) is 19.5. The molecule has 2 rings (SSSR count). The second-order valence-corrected chi connectivity index (χ2v) is 8.16. The number of halogens is 3. The standard InChI is InChI=1S/C20H29F3O3/c1-4-5-6-7-8-13-11-17(24)15-10-9-14(12-16(13)15)19(2,3)26-18(25)20(21,22)23/h10,13-14,16H,4-9,11-12H2,1-3H3/t13-,14-,16+/m1/s1. The smallest absolute Gasteiger partial charge is 0.453 e. The molecule has 6 heteroatoms. The number of unbranched alkanes of at least 4 members (excludes halogenated alkanes) is 3. The van der Waals surface area contributed by atoms with Crippen LogP contribution in [0.2, 0.25) is 0 Å². The lowest BCUT2D eigenvalue weighted by molar-refractivity contribution is -0.216. The first-order valence-corrected chi connectivity index (χ1v) is 9.59. The number of hydrogen-bond donors (Lipinski definition) is 0. The maximum Gasteiger partial charge on any atom is 0.490 e. The van der Waals surface area contributed by atoms with Crippen LogP contribution in [-0.4, -0.2) is 23.5 Å². The minimum Gasteiger partial charge on any atom is -0.453 e. The molecular weight excluding hydrogens is 345 g/mol. The van der Waals surface area contributed by atoms with Crippen LogP contribution in [-0.2, 0) is 14.3 Å². The third-order valence-electron chi connectivity index (χ3n) is 5.90. The van der Waals surface area contributed by atoms with Gasteiger partial charge in [0.2, 0.25) is 0 Å². The van der Waals surface area contributed by atoms with Crippen molar-refractivity contribution in [2.75, 3.05) is 0 Å².